The van der Waals surface area contributed by atoms with Crippen molar-refractivity contribution in [3.8, 4) is 0 Å². The maximum absolute atomic E-state index is 10.2. The Labute approximate surface area is 123 Å². The topological polar surface area (TPSA) is 66.4 Å². The van der Waals surface area contributed by atoms with Gasteiger partial charge in [-0.1, -0.05) is 30.3 Å². The molecule has 3 rings (SSSR count). The van der Waals surface area contributed by atoms with Crippen molar-refractivity contribution in [1.29, 1.82) is 0 Å². The SMILES string of the molecule is CO[C@@H]1O[C@H]2CO[C@H](c3ccccc3)O[C@@H]2[C@@H](OC)[C@H]1O. The second kappa shape index (κ2) is 6.39. The molecule has 0 amide bonds. The highest BCUT2D eigenvalue weighted by molar-refractivity contribution is 5.16. The summed E-state index contributed by atoms with van der Waals surface area (Å²) in [6.07, 6.45) is -3.39. The van der Waals surface area contributed by atoms with E-state index in [9.17, 15) is 5.11 Å². The molecule has 6 atom stereocenters. The molecule has 0 radical (unpaired) electrons. The van der Waals surface area contributed by atoms with Crippen LogP contribution in [0.4, 0.5) is 0 Å². The maximum atomic E-state index is 10.2. The molecule has 6 heteroatoms. The summed E-state index contributed by atoms with van der Waals surface area (Å²) in [7, 11) is 3.03. The summed E-state index contributed by atoms with van der Waals surface area (Å²) in [5, 5.41) is 10.2. The Kier molecular flexibility index (Phi) is 4.54. The lowest BCUT2D eigenvalue weighted by molar-refractivity contribution is -0.360. The minimum atomic E-state index is -0.907. The van der Waals surface area contributed by atoms with E-state index in [4.69, 9.17) is 23.7 Å². The zero-order chi connectivity index (χ0) is 14.8. The number of aliphatic hydroxyl groups excluding tert-OH is 1. The Morgan fingerprint density at radius 1 is 1.10 bits per heavy atom. The van der Waals surface area contributed by atoms with Gasteiger partial charge in [0.15, 0.2) is 12.6 Å². The van der Waals surface area contributed by atoms with Crippen LogP contribution in [0, 0.1) is 0 Å². The molecule has 116 valence electrons. The fourth-order valence-corrected chi connectivity index (χ4v) is 2.81. The van der Waals surface area contributed by atoms with Gasteiger partial charge < -0.3 is 28.8 Å². The monoisotopic (exact) mass is 296 g/mol. The van der Waals surface area contributed by atoms with Crippen molar-refractivity contribution in [3.05, 3.63) is 35.9 Å². The van der Waals surface area contributed by atoms with Gasteiger partial charge in [-0.3, -0.25) is 0 Å². The molecule has 0 bridgehead atoms. The molecule has 0 unspecified atom stereocenters. The van der Waals surface area contributed by atoms with E-state index in [-0.39, 0.29) is 6.10 Å². The number of aliphatic hydroxyl groups is 1. The van der Waals surface area contributed by atoms with Crippen molar-refractivity contribution in [2.75, 3.05) is 20.8 Å². The summed E-state index contributed by atoms with van der Waals surface area (Å²) in [5.41, 5.74) is 0.925. The lowest BCUT2D eigenvalue weighted by atomic mass is 9.97. The van der Waals surface area contributed by atoms with Gasteiger partial charge in [-0.25, -0.2) is 0 Å². The molecule has 2 fully saturated rings. The largest absolute Gasteiger partial charge is 0.385 e. The van der Waals surface area contributed by atoms with Gasteiger partial charge in [0.1, 0.15) is 24.4 Å². The van der Waals surface area contributed by atoms with Gasteiger partial charge in [0, 0.05) is 19.8 Å². The minimum Gasteiger partial charge on any atom is -0.385 e. The molecule has 2 saturated heterocycles. The summed E-state index contributed by atoms with van der Waals surface area (Å²) >= 11 is 0. The van der Waals surface area contributed by atoms with E-state index in [2.05, 4.69) is 0 Å². The maximum Gasteiger partial charge on any atom is 0.186 e. The first-order valence-corrected chi connectivity index (χ1v) is 6.95. The Balaban J connectivity index is 1.77. The van der Waals surface area contributed by atoms with E-state index < -0.39 is 30.9 Å². The molecule has 1 aromatic rings. The van der Waals surface area contributed by atoms with Gasteiger partial charge in [-0.15, -0.1) is 0 Å². The van der Waals surface area contributed by atoms with Crippen LogP contribution >= 0.6 is 0 Å². The summed E-state index contributed by atoms with van der Waals surface area (Å²) < 4.78 is 27.9. The highest BCUT2D eigenvalue weighted by Gasteiger charge is 2.49. The first kappa shape index (κ1) is 14.9. The molecule has 0 saturated carbocycles. The molecule has 0 spiro atoms. The van der Waals surface area contributed by atoms with Gasteiger partial charge >= 0.3 is 0 Å². The van der Waals surface area contributed by atoms with Gasteiger partial charge in [-0.05, 0) is 0 Å². The molecule has 1 aromatic carbocycles. The number of ether oxygens (including phenoxy) is 5. The number of fused-ring (bicyclic) bond motifs is 1. The van der Waals surface area contributed by atoms with Gasteiger partial charge in [0.2, 0.25) is 0 Å². The Morgan fingerprint density at radius 2 is 1.86 bits per heavy atom. The molecule has 6 nitrogen and oxygen atoms in total. The highest BCUT2D eigenvalue weighted by Crippen LogP contribution is 2.35. The van der Waals surface area contributed by atoms with E-state index in [1.165, 1.54) is 7.11 Å². The van der Waals surface area contributed by atoms with Gasteiger partial charge in [-0.2, -0.15) is 0 Å². The van der Waals surface area contributed by atoms with Crippen molar-refractivity contribution < 1.29 is 28.8 Å². The van der Waals surface area contributed by atoms with Crippen LogP contribution in [-0.2, 0) is 23.7 Å². The average Bonchev–Trinajstić information content (AvgIpc) is 2.54. The molecule has 0 aliphatic carbocycles. The lowest BCUT2D eigenvalue weighted by Crippen LogP contribution is -2.62. The van der Waals surface area contributed by atoms with Crippen molar-refractivity contribution in [3.63, 3.8) is 0 Å². The van der Waals surface area contributed by atoms with Crippen LogP contribution in [0.25, 0.3) is 0 Å². The number of methoxy groups -OCH3 is 2. The summed E-state index contributed by atoms with van der Waals surface area (Å²) in [4.78, 5) is 0. The predicted octanol–water partition coefficient (Wildman–Crippen LogP) is 0.848. The third kappa shape index (κ3) is 2.83. The second-order valence-corrected chi connectivity index (χ2v) is 5.15. The molecule has 2 aliphatic heterocycles. The summed E-state index contributed by atoms with van der Waals surface area (Å²) in [6.45, 7) is 0.358. The number of hydrogen-bond donors (Lipinski definition) is 1. The fraction of sp³-hybridized carbons (Fsp3) is 0.600. The Bertz CT molecular complexity index is 453. The quantitative estimate of drug-likeness (QED) is 0.892. The normalized spacial score (nSPS) is 39.8. The number of benzene rings is 1. The minimum absolute atomic E-state index is 0.330. The smallest absolute Gasteiger partial charge is 0.186 e. The molecule has 0 aromatic heterocycles. The molecule has 2 heterocycles. The second-order valence-electron chi connectivity index (χ2n) is 5.15. The van der Waals surface area contributed by atoms with E-state index in [1.807, 2.05) is 30.3 Å². The van der Waals surface area contributed by atoms with Crippen molar-refractivity contribution in [1.82, 2.24) is 0 Å². The predicted molar refractivity (Wildman–Crippen MR) is 72.5 cm³/mol. The first-order valence-electron chi connectivity index (χ1n) is 6.95. The first-order chi connectivity index (χ1) is 10.2. The molecule has 1 N–H and O–H groups in total. The van der Waals surface area contributed by atoms with E-state index in [1.54, 1.807) is 7.11 Å². The van der Waals surface area contributed by atoms with Crippen LogP contribution in [0.3, 0.4) is 0 Å². The zero-order valence-electron chi connectivity index (χ0n) is 12.0. The van der Waals surface area contributed by atoms with Gasteiger partial charge in [0.25, 0.3) is 0 Å². The Hall–Kier alpha value is -1.02. The van der Waals surface area contributed by atoms with Crippen LogP contribution < -0.4 is 0 Å². The zero-order valence-corrected chi connectivity index (χ0v) is 12.0. The third-order valence-corrected chi connectivity index (χ3v) is 3.88. The van der Waals surface area contributed by atoms with Crippen LogP contribution in [0.1, 0.15) is 11.9 Å². The van der Waals surface area contributed by atoms with Crippen LogP contribution in [-0.4, -0.2) is 56.6 Å². The fourth-order valence-electron chi connectivity index (χ4n) is 2.81. The Morgan fingerprint density at radius 3 is 2.52 bits per heavy atom. The molecular weight excluding hydrogens is 276 g/mol. The average molecular weight is 296 g/mol. The summed E-state index contributed by atoms with van der Waals surface area (Å²) in [6, 6.07) is 9.66. The van der Waals surface area contributed by atoms with Crippen molar-refractivity contribution in [2.45, 2.75) is 37.0 Å². The van der Waals surface area contributed by atoms with E-state index in [0.717, 1.165) is 5.56 Å². The van der Waals surface area contributed by atoms with Gasteiger partial charge in [0.05, 0.1) is 6.61 Å². The van der Waals surface area contributed by atoms with Crippen LogP contribution in [0.2, 0.25) is 0 Å². The van der Waals surface area contributed by atoms with Crippen molar-refractivity contribution >= 4 is 0 Å². The van der Waals surface area contributed by atoms with Crippen LogP contribution in [0.5, 0.6) is 0 Å². The summed E-state index contributed by atoms with van der Waals surface area (Å²) in [5.74, 6) is 0. The third-order valence-electron chi connectivity index (χ3n) is 3.88. The number of rotatable bonds is 3. The number of hydrogen-bond acceptors (Lipinski definition) is 6. The molecule has 21 heavy (non-hydrogen) atoms. The molecular formula is C15H20O6. The van der Waals surface area contributed by atoms with Crippen molar-refractivity contribution in [2.24, 2.45) is 0 Å². The molecule has 2 aliphatic rings. The standard InChI is InChI=1S/C15H20O6/c1-17-13-11(16)15(18-2)20-10-8-19-14(21-12(10)13)9-6-4-3-5-7-9/h3-7,10-16H,8H2,1-2H3/t10-,11+,12-,13-,14-,15+/m0/s1. The van der Waals surface area contributed by atoms with Crippen LogP contribution in [0.15, 0.2) is 30.3 Å². The highest BCUT2D eigenvalue weighted by atomic mass is 16.8. The van der Waals surface area contributed by atoms with E-state index in [0.29, 0.717) is 6.61 Å². The lowest BCUT2D eigenvalue weighted by Gasteiger charge is -2.47. The van der Waals surface area contributed by atoms with E-state index >= 15 is 0 Å².